The molecule has 132 valence electrons. The second-order valence-corrected chi connectivity index (χ2v) is 6.04. The van der Waals surface area contributed by atoms with Crippen LogP contribution < -0.4 is 10.1 Å². The highest BCUT2D eigenvalue weighted by Crippen LogP contribution is 2.24. The Bertz CT molecular complexity index is 1040. The van der Waals surface area contributed by atoms with E-state index in [2.05, 4.69) is 5.32 Å². The molecule has 4 rings (SSSR count). The van der Waals surface area contributed by atoms with Crippen molar-refractivity contribution >= 4 is 11.6 Å². The van der Waals surface area contributed by atoms with Gasteiger partial charge >= 0.3 is 0 Å². The Morgan fingerprint density at radius 2 is 1.48 bits per heavy atom. The molecule has 27 heavy (non-hydrogen) atoms. The van der Waals surface area contributed by atoms with E-state index in [4.69, 9.17) is 4.74 Å². The molecule has 0 radical (unpaired) electrons. The van der Waals surface area contributed by atoms with Crippen LogP contribution in [0.2, 0.25) is 0 Å². The number of carbonyl (C=O) groups is 1. The SMILES string of the molecule is O=C(Nc1cccc(Oc2ccccc2)c1)c1cccc(-n2cccc2)c1. The van der Waals surface area contributed by atoms with E-state index in [1.165, 1.54) is 0 Å². The number of nitrogens with zero attached hydrogens (tertiary/aromatic N) is 1. The molecule has 4 nitrogen and oxygen atoms in total. The van der Waals surface area contributed by atoms with Crippen LogP contribution in [0.25, 0.3) is 5.69 Å². The smallest absolute Gasteiger partial charge is 0.255 e. The summed E-state index contributed by atoms with van der Waals surface area (Å²) in [4.78, 5) is 12.6. The van der Waals surface area contributed by atoms with Crippen LogP contribution in [0.5, 0.6) is 11.5 Å². The van der Waals surface area contributed by atoms with Gasteiger partial charge in [-0.05, 0) is 54.6 Å². The van der Waals surface area contributed by atoms with E-state index < -0.39 is 0 Å². The van der Waals surface area contributed by atoms with Gasteiger partial charge in [-0.2, -0.15) is 0 Å². The Labute approximate surface area is 157 Å². The first-order chi connectivity index (χ1) is 13.3. The monoisotopic (exact) mass is 354 g/mol. The standard InChI is InChI=1S/C23H18N2O2/c26-23(18-8-6-10-20(16-18)25-14-4-5-15-25)24-19-9-7-13-22(17-19)27-21-11-2-1-3-12-21/h1-17H,(H,24,26). The van der Waals surface area contributed by atoms with Crippen LogP contribution in [0.15, 0.2) is 103 Å². The van der Waals surface area contributed by atoms with Crippen molar-refractivity contribution in [3.8, 4) is 17.2 Å². The largest absolute Gasteiger partial charge is 0.457 e. The lowest BCUT2D eigenvalue weighted by atomic mass is 10.1. The predicted octanol–water partition coefficient (Wildman–Crippen LogP) is 5.52. The summed E-state index contributed by atoms with van der Waals surface area (Å²) in [5, 5.41) is 2.93. The predicted molar refractivity (Wildman–Crippen MR) is 107 cm³/mol. The molecule has 0 bridgehead atoms. The summed E-state index contributed by atoms with van der Waals surface area (Å²) in [6.07, 6.45) is 3.89. The lowest BCUT2D eigenvalue weighted by Gasteiger charge is -2.10. The van der Waals surface area contributed by atoms with Crippen LogP contribution in [0.4, 0.5) is 5.69 Å². The van der Waals surface area contributed by atoms with E-state index in [1.807, 2.05) is 95.8 Å². The maximum absolute atomic E-state index is 12.6. The Hall–Kier alpha value is -3.79. The summed E-state index contributed by atoms with van der Waals surface area (Å²) >= 11 is 0. The molecule has 1 heterocycles. The van der Waals surface area contributed by atoms with Gasteiger partial charge in [0.1, 0.15) is 11.5 Å². The Morgan fingerprint density at radius 1 is 0.741 bits per heavy atom. The van der Waals surface area contributed by atoms with Crippen LogP contribution in [0, 0.1) is 0 Å². The normalized spacial score (nSPS) is 10.4. The van der Waals surface area contributed by atoms with E-state index >= 15 is 0 Å². The van der Waals surface area contributed by atoms with E-state index in [9.17, 15) is 4.79 Å². The summed E-state index contributed by atoms with van der Waals surface area (Å²) < 4.78 is 7.78. The summed E-state index contributed by atoms with van der Waals surface area (Å²) in [6, 6.07) is 28.3. The minimum absolute atomic E-state index is 0.166. The zero-order valence-electron chi connectivity index (χ0n) is 14.6. The minimum atomic E-state index is -0.166. The van der Waals surface area contributed by atoms with Crippen molar-refractivity contribution in [2.75, 3.05) is 5.32 Å². The summed E-state index contributed by atoms with van der Waals surface area (Å²) in [5.41, 5.74) is 2.21. The van der Waals surface area contributed by atoms with E-state index in [0.717, 1.165) is 11.4 Å². The van der Waals surface area contributed by atoms with Crippen LogP contribution in [-0.2, 0) is 0 Å². The molecular formula is C23H18N2O2. The maximum Gasteiger partial charge on any atom is 0.255 e. The molecule has 4 heteroatoms. The number of hydrogen-bond donors (Lipinski definition) is 1. The number of para-hydroxylation sites is 1. The van der Waals surface area contributed by atoms with Crippen molar-refractivity contribution in [1.82, 2.24) is 4.57 Å². The van der Waals surface area contributed by atoms with Gasteiger partial charge in [-0.25, -0.2) is 0 Å². The van der Waals surface area contributed by atoms with Crippen molar-refractivity contribution in [1.29, 1.82) is 0 Å². The molecular weight excluding hydrogens is 336 g/mol. The van der Waals surface area contributed by atoms with Gasteiger partial charge in [-0.3, -0.25) is 4.79 Å². The number of aromatic nitrogens is 1. The van der Waals surface area contributed by atoms with E-state index in [1.54, 1.807) is 12.1 Å². The highest BCUT2D eigenvalue weighted by Gasteiger charge is 2.08. The first-order valence-electron chi connectivity index (χ1n) is 8.66. The molecule has 0 saturated carbocycles. The van der Waals surface area contributed by atoms with Gasteiger partial charge in [0.2, 0.25) is 0 Å². The van der Waals surface area contributed by atoms with Gasteiger partial charge in [-0.15, -0.1) is 0 Å². The fraction of sp³-hybridized carbons (Fsp3) is 0. The fourth-order valence-corrected chi connectivity index (χ4v) is 2.78. The highest BCUT2D eigenvalue weighted by molar-refractivity contribution is 6.04. The molecule has 0 fully saturated rings. The zero-order chi connectivity index (χ0) is 18.5. The fourth-order valence-electron chi connectivity index (χ4n) is 2.78. The molecule has 4 aromatic rings. The Kier molecular flexibility index (Phi) is 4.70. The van der Waals surface area contributed by atoms with Gasteiger partial charge in [0.15, 0.2) is 0 Å². The van der Waals surface area contributed by atoms with Gasteiger partial charge in [0, 0.05) is 35.4 Å². The minimum Gasteiger partial charge on any atom is -0.457 e. The Balaban J connectivity index is 1.50. The molecule has 0 saturated heterocycles. The lowest BCUT2D eigenvalue weighted by Crippen LogP contribution is -2.12. The van der Waals surface area contributed by atoms with Crippen LogP contribution in [0.1, 0.15) is 10.4 Å². The number of ether oxygens (including phenoxy) is 1. The Morgan fingerprint density at radius 3 is 2.30 bits per heavy atom. The molecule has 0 spiro atoms. The molecule has 0 aliphatic rings. The quantitative estimate of drug-likeness (QED) is 0.513. The maximum atomic E-state index is 12.6. The third-order valence-electron chi connectivity index (χ3n) is 4.08. The van der Waals surface area contributed by atoms with Gasteiger partial charge < -0.3 is 14.6 Å². The molecule has 3 aromatic carbocycles. The zero-order valence-corrected chi connectivity index (χ0v) is 14.6. The molecule has 1 aromatic heterocycles. The van der Waals surface area contributed by atoms with Crippen LogP contribution >= 0.6 is 0 Å². The number of rotatable bonds is 5. The topological polar surface area (TPSA) is 43.3 Å². The first-order valence-corrected chi connectivity index (χ1v) is 8.66. The first kappa shape index (κ1) is 16.7. The summed E-state index contributed by atoms with van der Waals surface area (Å²) in [7, 11) is 0. The van der Waals surface area contributed by atoms with Crippen LogP contribution in [0.3, 0.4) is 0 Å². The lowest BCUT2D eigenvalue weighted by molar-refractivity contribution is 0.102. The summed E-state index contributed by atoms with van der Waals surface area (Å²) in [5.74, 6) is 1.25. The van der Waals surface area contributed by atoms with Crippen molar-refractivity contribution in [3.63, 3.8) is 0 Å². The molecule has 0 atom stereocenters. The molecule has 0 aliphatic heterocycles. The second-order valence-electron chi connectivity index (χ2n) is 6.04. The van der Waals surface area contributed by atoms with Gasteiger partial charge in [-0.1, -0.05) is 30.3 Å². The summed E-state index contributed by atoms with van der Waals surface area (Å²) in [6.45, 7) is 0. The second kappa shape index (κ2) is 7.62. The van der Waals surface area contributed by atoms with Gasteiger partial charge in [0.25, 0.3) is 5.91 Å². The third-order valence-corrected chi connectivity index (χ3v) is 4.08. The number of hydrogen-bond acceptors (Lipinski definition) is 2. The molecule has 1 N–H and O–H groups in total. The average Bonchev–Trinajstić information content (AvgIpc) is 3.24. The van der Waals surface area contributed by atoms with Crippen LogP contribution in [-0.4, -0.2) is 10.5 Å². The van der Waals surface area contributed by atoms with Gasteiger partial charge in [0.05, 0.1) is 0 Å². The number of benzene rings is 3. The van der Waals surface area contributed by atoms with Crippen molar-refractivity contribution < 1.29 is 9.53 Å². The third kappa shape index (κ3) is 4.07. The van der Waals surface area contributed by atoms with E-state index in [0.29, 0.717) is 17.0 Å². The number of nitrogens with one attached hydrogen (secondary N) is 1. The number of anilines is 1. The van der Waals surface area contributed by atoms with Crippen molar-refractivity contribution in [3.05, 3.63) is 109 Å². The molecule has 0 unspecified atom stereocenters. The number of carbonyl (C=O) groups excluding carboxylic acids is 1. The average molecular weight is 354 g/mol. The highest BCUT2D eigenvalue weighted by atomic mass is 16.5. The van der Waals surface area contributed by atoms with E-state index in [-0.39, 0.29) is 5.91 Å². The molecule has 0 aliphatic carbocycles. The van der Waals surface area contributed by atoms with Crippen molar-refractivity contribution in [2.45, 2.75) is 0 Å². The van der Waals surface area contributed by atoms with Crippen molar-refractivity contribution in [2.24, 2.45) is 0 Å². The molecule has 1 amide bonds. The number of amides is 1.